The van der Waals surface area contributed by atoms with Gasteiger partial charge in [0.05, 0.1) is 0 Å². The minimum atomic E-state index is 0.690. The Morgan fingerprint density at radius 3 is 2.46 bits per heavy atom. The Bertz CT molecular complexity index is 836. The van der Waals surface area contributed by atoms with E-state index < -0.39 is 0 Å². The van der Waals surface area contributed by atoms with Crippen LogP contribution >= 0.6 is 15.9 Å². The summed E-state index contributed by atoms with van der Waals surface area (Å²) in [6.07, 6.45) is 3.57. The Morgan fingerprint density at radius 1 is 0.958 bits per heavy atom. The third kappa shape index (κ3) is 4.29. The van der Waals surface area contributed by atoms with E-state index >= 15 is 0 Å². The summed E-state index contributed by atoms with van der Waals surface area (Å²) < 4.78 is 1.09. The van der Waals surface area contributed by atoms with E-state index in [1.165, 1.54) is 5.56 Å². The summed E-state index contributed by atoms with van der Waals surface area (Å²) in [5.74, 6) is 2.27. The highest BCUT2D eigenvalue weighted by Crippen LogP contribution is 2.23. The van der Waals surface area contributed by atoms with Crippen molar-refractivity contribution in [2.24, 2.45) is 0 Å². The number of benzene rings is 1. The van der Waals surface area contributed by atoms with E-state index in [0.717, 1.165) is 27.4 Å². The molecule has 0 bridgehead atoms. The van der Waals surface area contributed by atoms with Gasteiger partial charge in [-0.1, -0.05) is 15.9 Å². The number of anilines is 3. The predicted octanol–water partition coefficient (Wildman–Crippen LogP) is 4.61. The van der Waals surface area contributed by atoms with Crippen LogP contribution in [-0.2, 0) is 6.54 Å². The largest absolute Gasteiger partial charge is 0.366 e. The second kappa shape index (κ2) is 7.40. The molecule has 0 fully saturated rings. The highest BCUT2D eigenvalue weighted by molar-refractivity contribution is 9.10. The third-order valence-electron chi connectivity index (χ3n) is 3.49. The molecule has 0 aliphatic carbocycles. The van der Waals surface area contributed by atoms with Crippen LogP contribution in [0, 0.1) is 13.8 Å². The molecular formula is C18H18BrN5. The van der Waals surface area contributed by atoms with Crippen molar-refractivity contribution in [3.05, 3.63) is 70.2 Å². The number of hydrogen-bond donors (Lipinski definition) is 2. The zero-order valence-corrected chi connectivity index (χ0v) is 15.1. The van der Waals surface area contributed by atoms with Gasteiger partial charge in [0, 0.05) is 35.2 Å². The average Bonchev–Trinajstić information content (AvgIpc) is 2.57. The van der Waals surface area contributed by atoms with Crippen LogP contribution in [0.4, 0.5) is 17.3 Å². The molecule has 24 heavy (non-hydrogen) atoms. The van der Waals surface area contributed by atoms with Crippen LogP contribution in [0.25, 0.3) is 0 Å². The van der Waals surface area contributed by atoms with Crippen LogP contribution in [0.1, 0.15) is 17.0 Å². The molecule has 2 heterocycles. The lowest BCUT2D eigenvalue weighted by atomic mass is 10.2. The van der Waals surface area contributed by atoms with Gasteiger partial charge in [-0.25, -0.2) is 9.97 Å². The van der Waals surface area contributed by atoms with Gasteiger partial charge < -0.3 is 10.6 Å². The molecule has 0 aliphatic rings. The highest BCUT2D eigenvalue weighted by Gasteiger charge is 2.04. The molecule has 0 aliphatic heterocycles. The van der Waals surface area contributed by atoms with Crippen molar-refractivity contribution in [1.82, 2.24) is 15.0 Å². The Hall–Kier alpha value is -2.47. The van der Waals surface area contributed by atoms with Crippen LogP contribution in [-0.4, -0.2) is 15.0 Å². The maximum Gasteiger partial charge on any atom is 0.136 e. The maximum atomic E-state index is 4.45. The number of nitrogens with one attached hydrogen (secondary N) is 2. The van der Waals surface area contributed by atoms with Crippen LogP contribution in [0.2, 0.25) is 0 Å². The molecular weight excluding hydrogens is 366 g/mol. The summed E-state index contributed by atoms with van der Waals surface area (Å²) in [7, 11) is 0. The lowest BCUT2D eigenvalue weighted by Crippen LogP contribution is -2.05. The summed E-state index contributed by atoms with van der Waals surface area (Å²) >= 11 is 3.51. The van der Waals surface area contributed by atoms with Gasteiger partial charge in [-0.2, -0.15) is 0 Å². The van der Waals surface area contributed by atoms with Gasteiger partial charge in [0.2, 0.25) is 0 Å². The molecule has 6 heteroatoms. The fraction of sp³-hybridized carbons (Fsp3) is 0.167. The van der Waals surface area contributed by atoms with Gasteiger partial charge in [0.25, 0.3) is 0 Å². The number of aromatic nitrogens is 3. The number of pyridine rings is 1. The van der Waals surface area contributed by atoms with Crippen LogP contribution in [0.3, 0.4) is 0 Å². The molecule has 0 atom stereocenters. The van der Waals surface area contributed by atoms with E-state index in [0.29, 0.717) is 12.4 Å². The van der Waals surface area contributed by atoms with E-state index in [9.17, 15) is 0 Å². The van der Waals surface area contributed by atoms with Gasteiger partial charge in [-0.3, -0.25) is 4.98 Å². The third-order valence-corrected chi connectivity index (χ3v) is 4.38. The van der Waals surface area contributed by atoms with Crippen molar-refractivity contribution >= 4 is 33.3 Å². The van der Waals surface area contributed by atoms with Gasteiger partial charge in [0.1, 0.15) is 17.5 Å². The summed E-state index contributed by atoms with van der Waals surface area (Å²) in [4.78, 5) is 12.9. The first kappa shape index (κ1) is 16.4. The molecule has 0 radical (unpaired) electrons. The molecule has 2 N–H and O–H groups in total. The fourth-order valence-corrected chi connectivity index (χ4v) is 2.53. The van der Waals surface area contributed by atoms with Crippen LogP contribution in [0.15, 0.2) is 53.3 Å². The minimum absolute atomic E-state index is 0.690. The molecule has 2 aromatic heterocycles. The number of hydrogen-bond acceptors (Lipinski definition) is 5. The molecule has 122 valence electrons. The van der Waals surface area contributed by atoms with Crippen molar-refractivity contribution in [2.45, 2.75) is 20.4 Å². The normalized spacial score (nSPS) is 10.5. The zero-order valence-electron chi connectivity index (χ0n) is 13.5. The first-order chi connectivity index (χ1) is 11.6. The minimum Gasteiger partial charge on any atom is -0.366 e. The van der Waals surface area contributed by atoms with Crippen molar-refractivity contribution in [3.8, 4) is 0 Å². The summed E-state index contributed by atoms with van der Waals surface area (Å²) in [5.41, 5.74) is 3.31. The first-order valence-corrected chi connectivity index (χ1v) is 8.41. The van der Waals surface area contributed by atoms with E-state index in [1.54, 1.807) is 12.4 Å². The topological polar surface area (TPSA) is 62.7 Å². The molecule has 3 rings (SSSR count). The molecule has 0 unspecified atom stereocenters. The molecule has 5 nitrogen and oxygen atoms in total. The van der Waals surface area contributed by atoms with Gasteiger partial charge in [-0.15, -0.1) is 0 Å². The number of rotatable bonds is 5. The molecule has 0 saturated heterocycles. The van der Waals surface area contributed by atoms with Crippen molar-refractivity contribution in [3.63, 3.8) is 0 Å². The summed E-state index contributed by atoms with van der Waals surface area (Å²) in [5, 5.41) is 6.65. The predicted molar refractivity (Wildman–Crippen MR) is 100 cm³/mol. The van der Waals surface area contributed by atoms with Crippen molar-refractivity contribution in [2.75, 3.05) is 10.6 Å². The molecule has 0 spiro atoms. The summed E-state index contributed by atoms with van der Waals surface area (Å²) in [6.45, 7) is 4.63. The second-order valence-electron chi connectivity index (χ2n) is 5.48. The Balaban J connectivity index is 1.74. The Labute approximate surface area is 149 Å². The standard InChI is InChI=1S/C18H18BrN5/c1-12-9-15(3-4-16(12)19)24-18-10-17(22-13(2)23-18)21-11-14-5-7-20-8-6-14/h3-10H,11H2,1-2H3,(H2,21,22,23,24). The smallest absolute Gasteiger partial charge is 0.136 e. The number of aryl methyl sites for hydroxylation is 2. The quantitative estimate of drug-likeness (QED) is 0.673. The average molecular weight is 384 g/mol. The van der Waals surface area contributed by atoms with Gasteiger partial charge in [0.15, 0.2) is 0 Å². The lowest BCUT2D eigenvalue weighted by Gasteiger charge is -2.11. The highest BCUT2D eigenvalue weighted by atomic mass is 79.9. The summed E-state index contributed by atoms with van der Waals surface area (Å²) in [6, 6.07) is 12.0. The van der Waals surface area contributed by atoms with Crippen LogP contribution in [0.5, 0.6) is 0 Å². The Kier molecular flexibility index (Phi) is 5.05. The molecule has 0 saturated carbocycles. The fourth-order valence-electron chi connectivity index (χ4n) is 2.29. The monoisotopic (exact) mass is 383 g/mol. The van der Waals surface area contributed by atoms with Crippen molar-refractivity contribution in [1.29, 1.82) is 0 Å². The van der Waals surface area contributed by atoms with E-state index in [1.807, 2.05) is 37.3 Å². The molecule has 0 amide bonds. The molecule has 1 aromatic carbocycles. The second-order valence-corrected chi connectivity index (χ2v) is 6.34. The van der Waals surface area contributed by atoms with E-state index in [4.69, 9.17) is 0 Å². The Morgan fingerprint density at radius 2 is 1.71 bits per heavy atom. The lowest BCUT2D eigenvalue weighted by molar-refractivity contribution is 1.02. The van der Waals surface area contributed by atoms with E-state index in [2.05, 4.69) is 54.5 Å². The van der Waals surface area contributed by atoms with Crippen LogP contribution < -0.4 is 10.6 Å². The van der Waals surface area contributed by atoms with Gasteiger partial charge in [-0.05, 0) is 55.3 Å². The number of halogens is 1. The molecule has 3 aromatic rings. The number of nitrogens with zero attached hydrogens (tertiary/aromatic N) is 3. The van der Waals surface area contributed by atoms with E-state index in [-0.39, 0.29) is 0 Å². The first-order valence-electron chi connectivity index (χ1n) is 7.62. The zero-order chi connectivity index (χ0) is 16.9. The SMILES string of the molecule is Cc1nc(NCc2ccncc2)cc(Nc2ccc(Br)c(C)c2)n1. The van der Waals surface area contributed by atoms with Gasteiger partial charge >= 0.3 is 0 Å². The van der Waals surface area contributed by atoms with Crippen molar-refractivity contribution < 1.29 is 0 Å². The maximum absolute atomic E-state index is 4.45.